The summed E-state index contributed by atoms with van der Waals surface area (Å²) in [6, 6.07) is 7.07. The van der Waals surface area contributed by atoms with Gasteiger partial charge in [0, 0.05) is 29.9 Å². The summed E-state index contributed by atoms with van der Waals surface area (Å²) in [5.74, 6) is -4.96. The maximum absolute atomic E-state index is 14.3. The van der Waals surface area contributed by atoms with Crippen molar-refractivity contribution in [1.82, 2.24) is 31.6 Å². The van der Waals surface area contributed by atoms with Crippen molar-refractivity contribution < 1.29 is 48.4 Å². The number of aliphatic hydroxyl groups excluding tert-OH is 1. The number of unbranched alkanes of at least 4 members (excludes halogenated alkanes) is 1. The average molecular weight is 764 g/mol. The number of nitrogens with one attached hydrogen (secondary N) is 6. The van der Waals surface area contributed by atoms with Crippen LogP contribution in [0, 0.1) is 0 Å². The van der Waals surface area contributed by atoms with Gasteiger partial charge >= 0.3 is 0 Å². The molecule has 6 rings (SSSR count). The first-order valence-corrected chi connectivity index (χ1v) is 18.5. The number of hydrogen-bond donors (Lipinski definition) is 9. The maximum atomic E-state index is 14.3. The minimum Gasteiger partial charge on any atom is -0.508 e. The molecule has 3 aliphatic rings. The number of nitrogens with two attached hydrogens (primary N) is 1. The van der Waals surface area contributed by atoms with Gasteiger partial charge < -0.3 is 61.7 Å². The van der Waals surface area contributed by atoms with E-state index in [9.17, 15) is 34.2 Å². The number of benzene rings is 2. The van der Waals surface area contributed by atoms with Crippen LogP contribution < -0.4 is 32.3 Å². The molecule has 5 amide bonds. The normalized spacial score (nSPS) is 29.4. The number of hydrogen-bond acceptors (Lipinski definition) is 11. The molecule has 296 valence electrons. The van der Waals surface area contributed by atoms with Crippen molar-refractivity contribution in [3.63, 3.8) is 0 Å². The zero-order chi connectivity index (χ0) is 39.4. The SMILES string of the molecule is C[C@@H](O)[C@@H]1NC(=O)[C@H](CCCCN)NC(=O)[C@@H](Cc2c[nH]c3ccccc23)NC(=O)[C@H](Cc2ccc(O)cc2)NC(=O)[C@H]2O[C@@H]3OC(C)(C)O[C@@H]3[C@@H]2NC1=O. The molecule has 17 nitrogen and oxygen atoms in total. The van der Waals surface area contributed by atoms with E-state index in [1.165, 1.54) is 19.1 Å². The lowest BCUT2D eigenvalue weighted by molar-refractivity contribution is -0.208. The van der Waals surface area contributed by atoms with Crippen molar-refractivity contribution in [2.24, 2.45) is 5.73 Å². The van der Waals surface area contributed by atoms with E-state index in [1.807, 2.05) is 24.3 Å². The maximum Gasteiger partial charge on any atom is 0.252 e. The Bertz CT molecular complexity index is 1880. The Morgan fingerprint density at radius 2 is 1.44 bits per heavy atom. The second-order valence-electron chi connectivity index (χ2n) is 14.7. The number of aromatic nitrogens is 1. The van der Waals surface area contributed by atoms with Crippen molar-refractivity contribution >= 4 is 40.4 Å². The van der Waals surface area contributed by atoms with Gasteiger partial charge in [-0.2, -0.15) is 0 Å². The quantitative estimate of drug-likeness (QED) is 0.125. The molecule has 0 aliphatic carbocycles. The molecule has 10 N–H and O–H groups in total. The van der Waals surface area contributed by atoms with Gasteiger partial charge in [-0.15, -0.1) is 0 Å². The molecule has 9 atom stereocenters. The highest BCUT2D eigenvalue weighted by Crippen LogP contribution is 2.37. The number of phenols is 1. The van der Waals surface area contributed by atoms with Crippen LogP contribution in [0.4, 0.5) is 0 Å². The largest absolute Gasteiger partial charge is 0.508 e. The number of aliphatic hydroxyl groups is 1. The molecule has 0 unspecified atom stereocenters. The Hall–Kier alpha value is -5.07. The number of fused-ring (bicyclic) bond motifs is 4. The van der Waals surface area contributed by atoms with E-state index >= 15 is 0 Å². The molecule has 17 heteroatoms. The van der Waals surface area contributed by atoms with E-state index in [0.29, 0.717) is 30.5 Å². The van der Waals surface area contributed by atoms with E-state index in [-0.39, 0.29) is 25.0 Å². The molecule has 3 aromatic rings. The number of aromatic amines is 1. The lowest BCUT2D eigenvalue weighted by Gasteiger charge is -2.31. The predicted molar refractivity (Wildman–Crippen MR) is 197 cm³/mol. The second kappa shape index (κ2) is 16.7. The smallest absolute Gasteiger partial charge is 0.252 e. The summed E-state index contributed by atoms with van der Waals surface area (Å²) >= 11 is 0. The molecule has 1 aromatic heterocycles. The van der Waals surface area contributed by atoms with Crippen molar-refractivity contribution in [2.75, 3.05) is 6.54 Å². The third-order valence-electron chi connectivity index (χ3n) is 10.00. The van der Waals surface area contributed by atoms with Crippen LogP contribution in [0.25, 0.3) is 10.9 Å². The van der Waals surface area contributed by atoms with E-state index < -0.39 is 90.1 Å². The molecule has 0 saturated carbocycles. The number of rotatable bonds is 9. The standard InChI is InChI=1S/C38H49N7O10/c1-19(46)28-35(51)45-29-30(53-37-31(29)54-38(2,3)55-37)36(52)43-26(16-20-11-13-22(47)14-12-20)33(49)42-27(17-21-18-40-24-9-5-4-8-23(21)24)34(50)41-25(32(48)44-28)10-6-7-15-39/h4-5,8-9,11-14,18-19,25-31,37,40,46-47H,6-7,10,15-17,39H2,1-3H3,(H,41,50)(H,42,49)(H,43,52)(H,44,48)(H,45,51)/t19-,25+,26+,27-,28+,29-,30+,31-,37-/m1/s1. The summed E-state index contributed by atoms with van der Waals surface area (Å²) in [5, 5.41) is 35.1. The fourth-order valence-corrected chi connectivity index (χ4v) is 7.17. The predicted octanol–water partition coefficient (Wildman–Crippen LogP) is -0.517. The van der Waals surface area contributed by atoms with Gasteiger partial charge in [-0.05, 0) is 75.9 Å². The number of ether oxygens (including phenoxy) is 3. The van der Waals surface area contributed by atoms with Crippen LogP contribution in [-0.2, 0) is 51.0 Å². The van der Waals surface area contributed by atoms with Crippen molar-refractivity contribution in [1.29, 1.82) is 0 Å². The van der Waals surface area contributed by atoms with Gasteiger partial charge in [0.25, 0.3) is 5.91 Å². The molecule has 0 bridgehead atoms. The number of carbonyl (C=O) groups excluding carboxylic acids is 5. The summed E-state index contributed by atoms with van der Waals surface area (Å²) in [6.45, 7) is 4.94. The van der Waals surface area contributed by atoms with Crippen LogP contribution in [0.1, 0.15) is 51.2 Å². The topological polar surface area (TPSA) is 255 Å². The fourth-order valence-electron chi connectivity index (χ4n) is 7.17. The van der Waals surface area contributed by atoms with Gasteiger partial charge in [-0.3, -0.25) is 24.0 Å². The molecular formula is C38H49N7O10. The van der Waals surface area contributed by atoms with Crippen LogP contribution in [0.15, 0.2) is 54.7 Å². The zero-order valence-corrected chi connectivity index (χ0v) is 30.9. The lowest BCUT2D eigenvalue weighted by atomic mass is 9.99. The van der Waals surface area contributed by atoms with Crippen LogP contribution >= 0.6 is 0 Å². The number of para-hydroxylation sites is 1. The Balaban J connectivity index is 1.40. The van der Waals surface area contributed by atoms with E-state index in [0.717, 1.165) is 10.9 Å². The Labute approximate surface area is 317 Å². The molecule has 3 saturated heterocycles. The highest BCUT2D eigenvalue weighted by atomic mass is 16.8. The summed E-state index contributed by atoms with van der Waals surface area (Å²) in [4.78, 5) is 73.7. The third-order valence-corrected chi connectivity index (χ3v) is 10.00. The number of amides is 5. The molecule has 3 aliphatic heterocycles. The first-order chi connectivity index (χ1) is 26.2. The first-order valence-electron chi connectivity index (χ1n) is 18.5. The van der Waals surface area contributed by atoms with Crippen molar-refractivity contribution in [3.05, 3.63) is 65.9 Å². The van der Waals surface area contributed by atoms with E-state index in [4.69, 9.17) is 19.9 Å². The monoisotopic (exact) mass is 763 g/mol. The highest BCUT2D eigenvalue weighted by molar-refractivity contribution is 5.97. The summed E-state index contributed by atoms with van der Waals surface area (Å²) in [6.07, 6.45) is -2.14. The number of aromatic hydroxyl groups is 1. The molecule has 3 fully saturated rings. The zero-order valence-electron chi connectivity index (χ0n) is 30.9. The third kappa shape index (κ3) is 9.25. The van der Waals surface area contributed by atoms with Crippen molar-refractivity contribution in [3.8, 4) is 5.75 Å². The van der Waals surface area contributed by atoms with E-state index in [2.05, 4.69) is 31.6 Å². The van der Waals surface area contributed by atoms with E-state index in [1.54, 1.807) is 32.2 Å². The van der Waals surface area contributed by atoms with Crippen LogP contribution in [0.2, 0.25) is 0 Å². The molecule has 0 spiro atoms. The summed E-state index contributed by atoms with van der Waals surface area (Å²) < 4.78 is 17.9. The molecule has 0 radical (unpaired) electrons. The van der Waals surface area contributed by atoms with Gasteiger partial charge in [0.05, 0.1) is 12.1 Å². The van der Waals surface area contributed by atoms with Crippen LogP contribution in [-0.4, -0.2) is 112 Å². The Morgan fingerprint density at radius 3 is 2.15 bits per heavy atom. The van der Waals surface area contributed by atoms with Crippen molar-refractivity contribution in [2.45, 2.75) is 113 Å². The van der Waals surface area contributed by atoms with Gasteiger partial charge in [-0.25, -0.2) is 0 Å². The lowest BCUT2D eigenvalue weighted by Crippen LogP contribution is -2.64. The molecular weight excluding hydrogens is 714 g/mol. The molecule has 55 heavy (non-hydrogen) atoms. The highest BCUT2D eigenvalue weighted by Gasteiger charge is 2.58. The van der Waals surface area contributed by atoms with Crippen LogP contribution in [0.5, 0.6) is 5.75 Å². The molecule has 2 aromatic carbocycles. The van der Waals surface area contributed by atoms with Gasteiger partial charge in [0.2, 0.25) is 23.6 Å². The summed E-state index contributed by atoms with van der Waals surface area (Å²) in [7, 11) is 0. The first kappa shape index (κ1) is 39.6. The summed E-state index contributed by atoms with van der Waals surface area (Å²) in [5.41, 5.74) is 7.82. The minimum atomic E-state index is -1.52. The Kier molecular flexibility index (Phi) is 12.1. The van der Waals surface area contributed by atoms with Gasteiger partial charge in [-0.1, -0.05) is 30.3 Å². The minimum absolute atomic E-state index is 0.00105. The fraction of sp³-hybridized carbons (Fsp3) is 0.500. The average Bonchev–Trinajstić information content (AvgIpc) is 3.79. The van der Waals surface area contributed by atoms with Gasteiger partial charge in [0.15, 0.2) is 18.2 Å². The second-order valence-corrected chi connectivity index (χ2v) is 14.7. The number of carbonyl (C=O) groups is 5. The van der Waals surface area contributed by atoms with Gasteiger partial charge in [0.1, 0.15) is 36.0 Å². The molecule has 4 heterocycles. The van der Waals surface area contributed by atoms with Crippen LogP contribution in [0.3, 0.4) is 0 Å². The Morgan fingerprint density at radius 1 is 0.782 bits per heavy atom. The number of H-pyrrole nitrogens is 1. The number of phenolic OH excluding ortho intramolecular Hbond substituents is 1.